The van der Waals surface area contributed by atoms with Crippen LogP contribution in [0.15, 0.2) is 0 Å². The van der Waals surface area contributed by atoms with Crippen molar-refractivity contribution in [3.63, 3.8) is 0 Å². The van der Waals surface area contributed by atoms with Gasteiger partial charge in [-0.25, -0.2) is 0 Å². The minimum Gasteiger partial charge on any atom is -0.338 e. The zero-order chi connectivity index (χ0) is 13.1. The molecule has 4 atom stereocenters. The van der Waals surface area contributed by atoms with Crippen LogP contribution in [0.25, 0.3) is 0 Å². The molecule has 3 nitrogen and oxygen atoms in total. The lowest BCUT2D eigenvalue weighted by Gasteiger charge is -2.40. The SMILES string of the molecule is CCC1CCNC(C(=O)N2CC(C)CCC2C)C1. The van der Waals surface area contributed by atoms with Crippen molar-refractivity contribution in [2.24, 2.45) is 11.8 Å². The Labute approximate surface area is 111 Å². The lowest BCUT2D eigenvalue weighted by Crippen LogP contribution is -2.55. The van der Waals surface area contributed by atoms with E-state index < -0.39 is 0 Å². The highest BCUT2D eigenvalue weighted by Crippen LogP contribution is 2.25. The minimum atomic E-state index is 0.0800. The van der Waals surface area contributed by atoms with Crippen LogP contribution in [0.1, 0.15) is 52.9 Å². The molecule has 0 aromatic carbocycles. The molecular formula is C15H28N2O. The number of likely N-dealkylation sites (tertiary alicyclic amines) is 1. The predicted molar refractivity (Wildman–Crippen MR) is 74.4 cm³/mol. The summed E-state index contributed by atoms with van der Waals surface area (Å²) in [4.78, 5) is 14.8. The van der Waals surface area contributed by atoms with Gasteiger partial charge in [0.15, 0.2) is 0 Å². The van der Waals surface area contributed by atoms with E-state index in [0.717, 1.165) is 31.8 Å². The van der Waals surface area contributed by atoms with Crippen LogP contribution < -0.4 is 5.32 Å². The van der Waals surface area contributed by atoms with Crippen LogP contribution in [0.4, 0.5) is 0 Å². The zero-order valence-electron chi connectivity index (χ0n) is 12.1. The Kier molecular flexibility index (Phi) is 4.66. The fourth-order valence-electron chi connectivity index (χ4n) is 3.35. The van der Waals surface area contributed by atoms with E-state index in [2.05, 4.69) is 31.0 Å². The molecule has 18 heavy (non-hydrogen) atoms. The highest BCUT2D eigenvalue weighted by Gasteiger charge is 2.33. The minimum absolute atomic E-state index is 0.0800. The Morgan fingerprint density at radius 3 is 2.78 bits per heavy atom. The maximum atomic E-state index is 12.6. The van der Waals surface area contributed by atoms with E-state index in [1.54, 1.807) is 0 Å². The molecule has 0 saturated carbocycles. The molecule has 2 heterocycles. The van der Waals surface area contributed by atoms with Gasteiger partial charge in [0.25, 0.3) is 0 Å². The third kappa shape index (κ3) is 3.05. The molecule has 1 amide bonds. The number of rotatable bonds is 2. The summed E-state index contributed by atoms with van der Waals surface area (Å²) in [5, 5.41) is 3.42. The van der Waals surface area contributed by atoms with Gasteiger partial charge in [-0.05, 0) is 51.0 Å². The van der Waals surface area contributed by atoms with E-state index in [-0.39, 0.29) is 6.04 Å². The van der Waals surface area contributed by atoms with Crippen LogP contribution >= 0.6 is 0 Å². The number of amides is 1. The molecule has 0 spiro atoms. The first-order chi connectivity index (χ1) is 8.61. The summed E-state index contributed by atoms with van der Waals surface area (Å²) >= 11 is 0. The van der Waals surface area contributed by atoms with Gasteiger partial charge in [0.1, 0.15) is 0 Å². The monoisotopic (exact) mass is 252 g/mol. The van der Waals surface area contributed by atoms with Gasteiger partial charge >= 0.3 is 0 Å². The van der Waals surface area contributed by atoms with Crippen LogP contribution in [0, 0.1) is 11.8 Å². The predicted octanol–water partition coefficient (Wildman–Crippen LogP) is 2.41. The molecule has 3 heteroatoms. The van der Waals surface area contributed by atoms with Gasteiger partial charge in [-0.3, -0.25) is 4.79 Å². The van der Waals surface area contributed by atoms with E-state index in [9.17, 15) is 4.79 Å². The average molecular weight is 252 g/mol. The highest BCUT2D eigenvalue weighted by atomic mass is 16.2. The number of piperidine rings is 2. The normalized spacial score (nSPS) is 37.6. The van der Waals surface area contributed by atoms with Gasteiger partial charge < -0.3 is 10.2 Å². The molecule has 0 radical (unpaired) electrons. The maximum absolute atomic E-state index is 12.6. The molecule has 2 rings (SSSR count). The van der Waals surface area contributed by atoms with Crippen molar-refractivity contribution >= 4 is 5.91 Å². The highest BCUT2D eigenvalue weighted by molar-refractivity contribution is 5.82. The van der Waals surface area contributed by atoms with Gasteiger partial charge in [-0.1, -0.05) is 20.3 Å². The number of nitrogens with zero attached hydrogens (tertiary/aromatic N) is 1. The van der Waals surface area contributed by atoms with E-state index in [0.29, 0.717) is 17.9 Å². The maximum Gasteiger partial charge on any atom is 0.239 e. The van der Waals surface area contributed by atoms with Crippen molar-refractivity contribution in [1.82, 2.24) is 10.2 Å². The van der Waals surface area contributed by atoms with E-state index >= 15 is 0 Å². The fraction of sp³-hybridized carbons (Fsp3) is 0.933. The van der Waals surface area contributed by atoms with Crippen molar-refractivity contribution in [2.75, 3.05) is 13.1 Å². The van der Waals surface area contributed by atoms with Crippen molar-refractivity contribution in [2.45, 2.75) is 65.0 Å². The summed E-state index contributed by atoms with van der Waals surface area (Å²) < 4.78 is 0. The number of carbonyl (C=O) groups is 1. The summed E-state index contributed by atoms with van der Waals surface area (Å²) in [5.74, 6) is 1.75. The second-order valence-electron chi connectivity index (χ2n) is 6.33. The number of carbonyl (C=O) groups excluding carboxylic acids is 1. The van der Waals surface area contributed by atoms with Crippen LogP contribution in [0.2, 0.25) is 0 Å². The van der Waals surface area contributed by atoms with Crippen molar-refractivity contribution in [3.05, 3.63) is 0 Å². The molecular weight excluding hydrogens is 224 g/mol. The molecule has 0 aromatic heterocycles. The fourth-order valence-corrected chi connectivity index (χ4v) is 3.35. The standard InChI is InChI=1S/C15H28N2O/c1-4-13-7-8-16-14(9-13)15(18)17-10-11(2)5-6-12(17)3/h11-14,16H,4-10H2,1-3H3. The molecule has 2 aliphatic rings. The third-order valence-corrected chi connectivity index (χ3v) is 4.79. The Bertz CT molecular complexity index is 292. The first-order valence-electron chi connectivity index (χ1n) is 7.65. The van der Waals surface area contributed by atoms with Gasteiger partial charge in [0.2, 0.25) is 5.91 Å². The van der Waals surface area contributed by atoms with E-state index in [1.165, 1.54) is 19.3 Å². The van der Waals surface area contributed by atoms with Crippen LogP contribution in [0.5, 0.6) is 0 Å². The summed E-state index contributed by atoms with van der Waals surface area (Å²) in [6, 6.07) is 0.508. The van der Waals surface area contributed by atoms with Crippen molar-refractivity contribution < 1.29 is 4.79 Å². The Morgan fingerprint density at radius 2 is 2.06 bits per heavy atom. The molecule has 0 aliphatic carbocycles. The zero-order valence-corrected chi connectivity index (χ0v) is 12.1. The number of nitrogens with one attached hydrogen (secondary N) is 1. The first-order valence-corrected chi connectivity index (χ1v) is 7.65. The topological polar surface area (TPSA) is 32.3 Å². The van der Waals surface area contributed by atoms with Crippen LogP contribution in [-0.2, 0) is 4.79 Å². The molecule has 4 unspecified atom stereocenters. The molecule has 2 saturated heterocycles. The van der Waals surface area contributed by atoms with Gasteiger partial charge in [0.05, 0.1) is 6.04 Å². The lowest BCUT2D eigenvalue weighted by molar-refractivity contribution is -0.138. The Balaban J connectivity index is 1.96. The molecule has 0 aromatic rings. The summed E-state index contributed by atoms with van der Waals surface area (Å²) in [6.45, 7) is 8.66. The molecule has 104 valence electrons. The van der Waals surface area contributed by atoms with Gasteiger partial charge in [0, 0.05) is 12.6 Å². The molecule has 2 fully saturated rings. The smallest absolute Gasteiger partial charge is 0.239 e. The molecule has 0 bridgehead atoms. The van der Waals surface area contributed by atoms with E-state index in [4.69, 9.17) is 0 Å². The average Bonchev–Trinajstić information content (AvgIpc) is 2.41. The van der Waals surface area contributed by atoms with Crippen molar-refractivity contribution in [1.29, 1.82) is 0 Å². The molecule has 1 N–H and O–H groups in total. The Hall–Kier alpha value is -0.570. The van der Waals surface area contributed by atoms with Crippen LogP contribution in [-0.4, -0.2) is 36.0 Å². The van der Waals surface area contributed by atoms with Crippen molar-refractivity contribution in [3.8, 4) is 0 Å². The summed E-state index contributed by atoms with van der Waals surface area (Å²) in [6.07, 6.45) is 5.90. The van der Waals surface area contributed by atoms with Gasteiger partial charge in [-0.15, -0.1) is 0 Å². The second kappa shape index (κ2) is 6.05. The first kappa shape index (κ1) is 13.9. The number of hydrogen-bond donors (Lipinski definition) is 1. The quantitative estimate of drug-likeness (QED) is 0.818. The Morgan fingerprint density at radius 1 is 1.28 bits per heavy atom. The summed E-state index contributed by atoms with van der Waals surface area (Å²) in [7, 11) is 0. The second-order valence-corrected chi connectivity index (χ2v) is 6.33. The third-order valence-electron chi connectivity index (χ3n) is 4.79. The van der Waals surface area contributed by atoms with E-state index in [1.807, 2.05) is 0 Å². The molecule has 2 aliphatic heterocycles. The van der Waals surface area contributed by atoms with Crippen LogP contribution in [0.3, 0.4) is 0 Å². The van der Waals surface area contributed by atoms with Gasteiger partial charge in [-0.2, -0.15) is 0 Å². The lowest BCUT2D eigenvalue weighted by atomic mass is 9.88. The summed E-state index contributed by atoms with van der Waals surface area (Å²) in [5.41, 5.74) is 0. The number of hydrogen-bond acceptors (Lipinski definition) is 2. The largest absolute Gasteiger partial charge is 0.338 e.